The second kappa shape index (κ2) is 4.86. The maximum absolute atomic E-state index is 11.5. The van der Waals surface area contributed by atoms with E-state index in [9.17, 15) is 4.79 Å². The van der Waals surface area contributed by atoms with E-state index < -0.39 is 0 Å². The molecule has 0 heterocycles. The summed E-state index contributed by atoms with van der Waals surface area (Å²) in [5, 5.41) is 14.2. The van der Waals surface area contributed by atoms with Gasteiger partial charge in [-0.3, -0.25) is 4.79 Å². The molecule has 1 aliphatic carbocycles. The summed E-state index contributed by atoms with van der Waals surface area (Å²) in [5.74, 6) is 0.459. The Balaban J connectivity index is 1.95. The second-order valence-corrected chi connectivity index (χ2v) is 4.23. The van der Waals surface area contributed by atoms with Gasteiger partial charge >= 0.3 is 0 Å². The molecule has 1 amide bonds. The summed E-state index contributed by atoms with van der Waals surface area (Å²) in [7, 11) is 0. The van der Waals surface area contributed by atoms with Crippen LogP contribution in [0.5, 0.6) is 0 Å². The minimum absolute atomic E-state index is 0.0918. The molecule has 0 radical (unpaired) electrons. The van der Waals surface area contributed by atoms with Gasteiger partial charge < -0.3 is 16.3 Å². The Bertz CT molecular complexity index is 436. The van der Waals surface area contributed by atoms with Crippen LogP contribution < -0.4 is 11.1 Å². The second-order valence-electron chi connectivity index (χ2n) is 4.23. The summed E-state index contributed by atoms with van der Waals surface area (Å²) in [6.07, 6.45) is 2.38. The van der Waals surface area contributed by atoms with Gasteiger partial charge in [0.15, 0.2) is 0 Å². The molecule has 0 saturated heterocycles. The summed E-state index contributed by atoms with van der Waals surface area (Å²) in [5.41, 5.74) is 7.12. The van der Waals surface area contributed by atoms with Gasteiger partial charge in [-0.05, 0) is 30.5 Å². The first-order chi connectivity index (χ1) is 8.19. The topological polar surface area (TPSA) is 87.7 Å². The number of anilines is 1. The predicted octanol–water partition coefficient (Wildman–Crippen LogP) is 1.32. The van der Waals surface area contributed by atoms with E-state index in [1.807, 2.05) is 24.3 Å². The Morgan fingerprint density at radius 3 is 2.59 bits per heavy atom. The number of amides is 1. The first-order valence-corrected chi connectivity index (χ1v) is 5.55. The van der Waals surface area contributed by atoms with Crippen molar-refractivity contribution in [3.05, 3.63) is 29.8 Å². The highest BCUT2D eigenvalue weighted by Crippen LogP contribution is 2.30. The number of carbonyl (C=O) groups excluding carboxylic acids is 1. The Morgan fingerprint density at radius 1 is 1.41 bits per heavy atom. The third-order valence-electron chi connectivity index (χ3n) is 2.68. The van der Waals surface area contributed by atoms with Crippen LogP contribution in [0.25, 0.3) is 0 Å². The molecule has 90 valence electrons. The van der Waals surface area contributed by atoms with Gasteiger partial charge in [-0.15, -0.1) is 0 Å². The Labute approximate surface area is 99.3 Å². The van der Waals surface area contributed by atoms with E-state index in [0.717, 1.165) is 24.1 Å². The summed E-state index contributed by atoms with van der Waals surface area (Å²) < 4.78 is 0. The van der Waals surface area contributed by atoms with Crippen LogP contribution >= 0.6 is 0 Å². The Morgan fingerprint density at radius 2 is 2.06 bits per heavy atom. The molecule has 2 rings (SSSR count). The molecular weight excluding hydrogens is 218 g/mol. The number of rotatable bonds is 4. The highest BCUT2D eigenvalue weighted by molar-refractivity contribution is 5.94. The van der Waals surface area contributed by atoms with Gasteiger partial charge in [0.25, 0.3) is 0 Å². The first-order valence-electron chi connectivity index (χ1n) is 5.55. The van der Waals surface area contributed by atoms with Gasteiger partial charge in [0.2, 0.25) is 5.91 Å². The summed E-state index contributed by atoms with van der Waals surface area (Å²) in [4.78, 5) is 11.5. The first kappa shape index (κ1) is 11.4. The molecule has 1 aromatic carbocycles. The van der Waals surface area contributed by atoms with Crippen molar-refractivity contribution in [2.75, 3.05) is 5.32 Å². The maximum atomic E-state index is 11.5. The van der Waals surface area contributed by atoms with Crippen LogP contribution in [0.3, 0.4) is 0 Å². The van der Waals surface area contributed by atoms with E-state index in [1.165, 1.54) is 0 Å². The zero-order chi connectivity index (χ0) is 12.3. The van der Waals surface area contributed by atoms with E-state index in [-0.39, 0.29) is 17.7 Å². The highest BCUT2D eigenvalue weighted by atomic mass is 16.4. The number of amidine groups is 1. The number of nitrogens with zero attached hydrogens (tertiary/aromatic N) is 1. The third-order valence-corrected chi connectivity index (χ3v) is 2.68. The molecule has 0 aromatic heterocycles. The lowest BCUT2D eigenvalue weighted by Crippen LogP contribution is -2.15. The number of hydrogen-bond donors (Lipinski definition) is 3. The number of benzene rings is 1. The molecule has 0 spiro atoms. The van der Waals surface area contributed by atoms with Crippen molar-refractivity contribution in [1.29, 1.82) is 0 Å². The minimum atomic E-state index is 0.0918. The Kier molecular flexibility index (Phi) is 3.27. The summed E-state index contributed by atoms with van der Waals surface area (Å²) in [6.45, 7) is 0. The van der Waals surface area contributed by atoms with Crippen molar-refractivity contribution < 1.29 is 10.0 Å². The zero-order valence-corrected chi connectivity index (χ0v) is 9.39. The van der Waals surface area contributed by atoms with Crippen molar-refractivity contribution in [3.63, 3.8) is 0 Å². The molecule has 0 atom stereocenters. The number of nitrogens with one attached hydrogen (secondary N) is 1. The average molecular weight is 233 g/mol. The van der Waals surface area contributed by atoms with Crippen molar-refractivity contribution in [3.8, 4) is 0 Å². The lowest BCUT2D eigenvalue weighted by molar-refractivity contribution is -0.117. The lowest BCUT2D eigenvalue weighted by Gasteiger charge is -2.05. The normalized spacial score (nSPS) is 15.6. The number of carbonyl (C=O) groups is 1. The molecule has 0 bridgehead atoms. The van der Waals surface area contributed by atoms with Crippen molar-refractivity contribution in [1.82, 2.24) is 0 Å². The van der Waals surface area contributed by atoms with Crippen molar-refractivity contribution in [2.24, 2.45) is 16.8 Å². The molecule has 4 N–H and O–H groups in total. The van der Waals surface area contributed by atoms with Gasteiger partial charge in [0, 0.05) is 18.0 Å². The molecule has 0 aliphatic heterocycles. The van der Waals surface area contributed by atoms with Crippen LogP contribution in [-0.4, -0.2) is 17.0 Å². The molecule has 1 fully saturated rings. The fourth-order valence-corrected chi connectivity index (χ4v) is 1.54. The number of oxime groups is 1. The van der Waals surface area contributed by atoms with Crippen molar-refractivity contribution >= 4 is 17.4 Å². The van der Waals surface area contributed by atoms with Gasteiger partial charge in [0.1, 0.15) is 5.84 Å². The lowest BCUT2D eigenvalue weighted by atomic mass is 10.1. The largest absolute Gasteiger partial charge is 0.409 e. The third kappa shape index (κ3) is 3.21. The van der Waals surface area contributed by atoms with Crippen LogP contribution in [-0.2, 0) is 11.2 Å². The maximum Gasteiger partial charge on any atom is 0.227 e. The van der Waals surface area contributed by atoms with Crippen LogP contribution in [0.1, 0.15) is 18.4 Å². The molecule has 17 heavy (non-hydrogen) atoms. The molecule has 0 unspecified atom stereocenters. The fraction of sp³-hybridized carbons (Fsp3) is 0.333. The molecule has 1 aromatic rings. The van der Waals surface area contributed by atoms with Crippen LogP contribution in [0, 0.1) is 5.92 Å². The van der Waals surface area contributed by atoms with Crippen molar-refractivity contribution in [2.45, 2.75) is 19.3 Å². The monoisotopic (exact) mass is 233 g/mol. The quantitative estimate of drug-likeness (QED) is 0.317. The van der Waals surface area contributed by atoms with E-state index in [4.69, 9.17) is 10.9 Å². The molecular formula is C12H15N3O2. The van der Waals surface area contributed by atoms with E-state index in [1.54, 1.807) is 0 Å². The molecule has 5 nitrogen and oxygen atoms in total. The number of hydrogen-bond acceptors (Lipinski definition) is 3. The average Bonchev–Trinajstić information content (AvgIpc) is 3.15. The zero-order valence-electron chi connectivity index (χ0n) is 9.39. The molecule has 5 heteroatoms. The summed E-state index contributed by atoms with van der Waals surface area (Å²) in [6, 6.07) is 7.33. The fourth-order valence-electron chi connectivity index (χ4n) is 1.54. The minimum Gasteiger partial charge on any atom is -0.409 e. The highest BCUT2D eigenvalue weighted by Gasteiger charge is 2.29. The molecule has 1 saturated carbocycles. The van der Waals surface area contributed by atoms with Gasteiger partial charge in [-0.1, -0.05) is 17.3 Å². The Hall–Kier alpha value is -2.04. The van der Waals surface area contributed by atoms with Gasteiger partial charge in [0.05, 0.1) is 0 Å². The smallest absolute Gasteiger partial charge is 0.227 e. The van der Waals surface area contributed by atoms with E-state index in [0.29, 0.717) is 6.42 Å². The standard InChI is InChI=1S/C12H15N3O2/c13-11(15-17)7-8-1-5-10(6-2-8)14-12(16)9-3-4-9/h1-2,5-6,9,17H,3-4,7H2,(H2,13,15)(H,14,16). The van der Waals surface area contributed by atoms with Crippen LogP contribution in [0.2, 0.25) is 0 Å². The van der Waals surface area contributed by atoms with Gasteiger partial charge in [-0.2, -0.15) is 0 Å². The number of nitrogens with two attached hydrogens (primary N) is 1. The summed E-state index contributed by atoms with van der Waals surface area (Å²) >= 11 is 0. The molecule has 1 aliphatic rings. The predicted molar refractivity (Wildman–Crippen MR) is 64.9 cm³/mol. The van der Waals surface area contributed by atoms with E-state index >= 15 is 0 Å². The van der Waals surface area contributed by atoms with Crippen LogP contribution in [0.4, 0.5) is 5.69 Å². The SMILES string of the molecule is NC(Cc1ccc(NC(=O)C2CC2)cc1)=NO. The van der Waals surface area contributed by atoms with Crippen LogP contribution in [0.15, 0.2) is 29.4 Å². The van der Waals surface area contributed by atoms with E-state index in [2.05, 4.69) is 10.5 Å². The van der Waals surface area contributed by atoms with Gasteiger partial charge in [-0.25, -0.2) is 0 Å².